The van der Waals surface area contributed by atoms with E-state index < -0.39 is 5.92 Å². The van der Waals surface area contributed by atoms with E-state index in [1.165, 1.54) is 11.1 Å². The maximum atomic E-state index is 13.3. The van der Waals surface area contributed by atoms with Gasteiger partial charge in [-0.1, -0.05) is 24.3 Å². The molecule has 0 spiro atoms. The third-order valence-corrected chi connectivity index (χ3v) is 7.63. The summed E-state index contributed by atoms with van der Waals surface area (Å²) in [7, 11) is 0. The molecule has 2 atom stereocenters. The van der Waals surface area contributed by atoms with Crippen molar-refractivity contribution in [2.75, 3.05) is 13.1 Å². The molecule has 0 radical (unpaired) electrons. The van der Waals surface area contributed by atoms with E-state index in [9.17, 15) is 9.59 Å². The number of hydrogen-bond donors (Lipinski definition) is 0. The van der Waals surface area contributed by atoms with Crippen molar-refractivity contribution >= 4 is 28.6 Å². The van der Waals surface area contributed by atoms with Crippen molar-refractivity contribution in [1.29, 1.82) is 0 Å². The second kappa shape index (κ2) is 8.50. The molecule has 1 saturated carbocycles. The van der Waals surface area contributed by atoms with Crippen LogP contribution in [-0.2, 0) is 9.59 Å². The van der Waals surface area contributed by atoms with Gasteiger partial charge in [-0.3, -0.25) is 9.59 Å². The molecule has 4 rings (SSSR count). The van der Waals surface area contributed by atoms with E-state index in [-0.39, 0.29) is 17.5 Å². The SMILES string of the molecule is C=C(c1ccsc1)N1CCC(CC2CC(=O)C(c3c(C)cc(C)cc3C)C2=O)CC1. The summed E-state index contributed by atoms with van der Waals surface area (Å²) >= 11 is 1.70. The van der Waals surface area contributed by atoms with Crippen LogP contribution < -0.4 is 0 Å². The molecule has 158 valence electrons. The summed E-state index contributed by atoms with van der Waals surface area (Å²) in [4.78, 5) is 28.5. The third kappa shape index (κ3) is 4.02. The highest BCUT2D eigenvalue weighted by molar-refractivity contribution is 7.08. The van der Waals surface area contributed by atoms with E-state index in [0.29, 0.717) is 12.3 Å². The number of likely N-dealkylation sites (tertiary alicyclic amines) is 1. The van der Waals surface area contributed by atoms with Crippen molar-refractivity contribution in [3.8, 4) is 0 Å². The Morgan fingerprint density at radius 2 is 1.80 bits per heavy atom. The Balaban J connectivity index is 1.39. The molecular formula is C26H31NO2S. The first-order chi connectivity index (χ1) is 14.3. The number of carbonyl (C=O) groups excluding carboxylic acids is 2. The smallest absolute Gasteiger partial charge is 0.151 e. The van der Waals surface area contributed by atoms with Crippen molar-refractivity contribution < 1.29 is 9.59 Å². The van der Waals surface area contributed by atoms with E-state index in [4.69, 9.17) is 0 Å². The first-order valence-electron chi connectivity index (χ1n) is 11.0. The van der Waals surface area contributed by atoms with Crippen LogP contribution in [-0.4, -0.2) is 29.6 Å². The molecule has 0 bridgehead atoms. The molecule has 1 aliphatic carbocycles. The number of carbonyl (C=O) groups is 2. The summed E-state index contributed by atoms with van der Waals surface area (Å²) in [6, 6.07) is 6.30. The Morgan fingerprint density at radius 3 is 2.40 bits per heavy atom. The second-order valence-corrected chi connectivity index (χ2v) is 9.92. The summed E-state index contributed by atoms with van der Waals surface area (Å²) in [5.74, 6) is 0.119. The molecule has 2 aromatic rings. The zero-order valence-electron chi connectivity index (χ0n) is 18.2. The fraction of sp³-hybridized carbons (Fsp3) is 0.462. The van der Waals surface area contributed by atoms with E-state index >= 15 is 0 Å². The minimum absolute atomic E-state index is 0.112. The Labute approximate surface area is 183 Å². The average Bonchev–Trinajstić information content (AvgIpc) is 3.32. The van der Waals surface area contributed by atoms with Crippen LogP contribution >= 0.6 is 11.3 Å². The topological polar surface area (TPSA) is 37.4 Å². The molecule has 1 saturated heterocycles. The van der Waals surface area contributed by atoms with Crippen molar-refractivity contribution in [3.63, 3.8) is 0 Å². The van der Waals surface area contributed by atoms with Crippen LogP contribution in [0.5, 0.6) is 0 Å². The first kappa shape index (κ1) is 21.0. The second-order valence-electron chi connectivity index (χ2n) is 9.14. The van der Waals surface area contributed by atoms with Crippen LogP contribution in [0.2, 0.25) is 0 Å². The van der Waals surface area contributed by atoms with Gasteiger partial charge in [0.05, 0.1) is 0 Å². The van der Waals surface area contributed by atoms with Gasteiger partial charge in [-0.05, 0) is 79.5 Å². The maximum absolute atomic E-state index is 13.3. The van der Waals surface area contributed by atoms with Gasteiger partial charge in [0.25, 0.3) is 0 Å². The highest BCUT2D eigenvalue weighted by atomic mass is 32.1. The summed E-state index contributed by atoms with van der Waals surface area (Å²) in [6.07, 6.45) is 3.39. The number of ketones is 2. The van der Waals surface area contributed by atoms with Gasteiger partial charge in [-0.2, -0.15) is 11.3 Å². The van der Waals surface area contributed by atoms with Gasteiger partial charge in [0.1, 0.15) is 11.7 Å². The van der Waals surface area contributed by atoms with E-state index in [1.54, 1.807) is 11.3 Å². The molecule has 2 unspecified atom stereocenters. The molecule has 3 nitrogen and oxygen atoms in total. The molecule has 0 amide bonds. The van der Waals surface area contributed by atoms with E-state index in [0.717, 1.165) is 54.7 Å². The molecule has 1 aromatic heterocycles. The number of thiophene rings is 1. The van der Waals surface area contributed by atoms with Crippen LogP contribution in [0, 0.1) is 32.6 Å². The highest BCUT2D eigenvalue weighted by Crippen LogP contribution is 2.40. The van der Waals surface area contributed by atoms with Crippen molar-refractivity contribution in [2.24, 2.45) is 11.8 Å². The molecular weight excluding hydrogens is 390 g/mol. The third-order valence-electron chi connectivity index (χ3n) is 6.95. The van der Waals surface area contributed by atoms with Gasteiger partial charge >= 0.3 is 0 Å². The van der Waals surface area contributed by atoms with Crippen molar-refractivity contribution in [2.45, 2.75) is 52.4 Å². The lowest BCUT2D eigenvalue weighted by Crippen LogP contribution is -2.33. The van der Waals surface area contributed by atoms with Crippen LogP contribution in [0.3, 0.4) is 0 Å². The quantitative estimate of drug-likeness (QED) is 0.582. The molecule has 4 heteroatoms. The van der Waals surface area contributed by atoms with E-state index in [2.05, 4.69) is 47.4 Å². The van der Waals surface area contributed by atoms with Crippen LogP contribution in [0.4, 0.5) is 0 Å². The van der Waals surface area contributed by atoms with E-state index in [1.807, 2.05) is 13.8 Å². The van der Waals surface area contributed by atoms with Gasteiger partial charge in [-0.25, -0.2) is 0 Å². The summed E-state index contributed by atoms with van der Waals surface area (Å²) in [5, 5.41) is 4.23. The Bertz CT molecular complexity index is 944. The average molecular weight is 422 g/mol. The summed E-state index contributed by atoms with van der Waals surface area (Å²) in [6.45, 7) is 12.3. The molecule has 2 heterocycles. The van der Waals surface area contributed by atoms with Gasteiger partial charge < -0.3 is 4.90 Å². The normalized spacial score (nSPS) is 22.7. The fourth-order valence-electron chi connectivity index (χ4n) is 5.46. The van der Waals surface area contributed by atoms with Gasteiger partial charge in [0.2, 0.25) is 0 Å². The number of piperidine rings is 1. The Kier molecular flexibility index (Phi) is 5.97. The number of benzene rings is 1. The molecule has 1 aliphatic heterocycles. The monoisotopic (exact) mass is 421 g/mol. The fourth-order valence-corrected chi connectivity index (χ4v) is 6.12. The summed E-state index contributed by atoms with van der Waals surface area (Å²) < 4.78 is 0. The van der Waals surface area contributed by atoms with Gasteiger partial charge in [-0.15, -0.1) is 0 Å². The predicted molar refractivity (Wildman–Crippen MR) is 124 cm³/mol. The zero-order chi connectivity index (χ0) is 21.4. The highest BCUT2D eigenvalue weighted by Gasteiger charge is 2.44. The predicted octanol–water partition coefficient (Wildman–Crippen LogP) is 5.69. The Morgan fingerprint density at radius 1 is 1.13 bits per heavy atom. The number of aryl methyl sites for hydroxylation is 3. The minimum atomic E-state index is -0.547. The van der Waals surface area contributed by atoms with Crippen LogP contribution in [0.15, 0.2) is 35.5 Å². The zero-order valence-corrected chi connectivity index (χ0v) is 19.1. The standard InChI is InChI=1S/C26H31NO2S/c1-16-11-17(2)24(18(3)12-16)25-23(28)14-22(26(25)29)13-20-5-8-27(9-6-20)19(4)21-7-10-30-15-21/h7,10-12,15,20,22,25H,4-6,8-9,13-14H2,1-3H3. The van der Waals surface area contributed by atoms with Crippen molar-refractivity contribution in [1.82, 2.24) is 4.90 Å². The minimum Gasteiger partial charge on any atom is -0.371 e. The lowest BCUT2D eigenvalue weighted by Gasteiger charge is -2.35. The van der Waals surface area contributed by atoms with Gasteiger partial charge in [0, 0.05) is 36.7 Å². The number of Topliss-reactive ketones (excluding diaryl/α,β-unsaturated/α-hetero) is 2. The maximum Gasteiger partial charge on any atom is 0.151 e. The lowest BCUT2D eigenvalue weighted by molar-refractivity contribution is -0.125. The largest absolute Gasteiger partial charge is 0.371 e. The molecule has 0 N–H and O–H groups in total. The number of nitrogens with zero attached hydrogens (tertiary/aromatic N) is 1. The molecule has 2 aliphatic rings. The Hall–Kier alpha value is -2.20. The van der Waals surface area contributed by atoms with Gasteiger partial charge in [0.15, 0.2) is 5.78 Å². The lowest BCUT2D eigenvalue weighted by atomic mass is 9.83. The summed E-state index contributed by atoms with van der Waals surface area (Å²) in [5.41, 5.74) is 6.59. The number of rotatable bonds is 5. The van der Waals surface area contributed by atoms with Crippen molar-refractivity contribution in [3.05, 3.63) is 63.4 Å². The number of hydrogen-bond acceptors (Lipinski definition) is 4. The molecule has 30 heavy (non-hydrogen) atoms. The molecule has 2 fully saturated rings. The first-order valence-corrected chi connectivity index (χ1v) is 11.9. The van der Waals surface area contributed by atoms with Crippen LogP contribution in [0.1, 0.15) is 59.4 Å². The van der Waals surface area contributed by atoms with Crippen LogP contribution in [0.25, 0.3) is 5.70 Å². The molecule has 1 aromatic carbocycles.